The summed E-state index contributed by atoms with van der Waals surface area (Å²) in [4.78, 5) is 7.26. The van der Waals surface area contributed by atoms with E-state index >= 15 is 0 Å². The summed E-state index contributed by atoms with van der Waals surface area (Å²) in [6.45, 7) is 1.92. The van der Waals surface area contributed by atoms with Crippen molar-refractivity contribution in [2.45, 2.75) is 29.8 Å². The minimum Gasteiger partial charge on any atom is -0.309 e. The molecule has 19 heavy (non-hydrogen) atoms. The van der Waals surface area contributed by atoms with Gasteiger partial charge in [0.15, 0.2) is 10.3 Å². The summed E-state index contributed by atoms with van der Waals surface area (Å²) in [6.07, 6.45) is -2.71. The maximum absolute atomic E-state index is 12.5. The van der Waals surface area contributed by atoms with E-state index in [0.717, 1.165) is 29.8 Å². The highest BCUT2D eigenvalue weighted by molar-refractivity contribution is 7.99. The van der Waals surface area contributed by atoms with Gasteiger partial charge in [-0.25, -0.2) is 9.97 Å². The van der Waals surface area contributed by atoms with Gasteiger partial charge >= 0.3 is 6.18 Å². The first-order chi connectivity index (χ1) is 8.91. The summed E-state index contributed by atoms with van der Waals surface area (Å²) in [5, 5.41) is 8.25. The molecular weight excluding hydrogens is 279 g/mol. The zero-order chi connectivity index (χ0) is 14.0. The predicted octanol–water partition coefficient (Wildman–Crippen LogP) is 2.34. The maximum Gasteiger partial charge on any atom is 0.433 e. The lowest BCUT2D eigenvalue weighted by Gasteiger charge is -2.06. The molecular formula is C10H10F3N5S. The molecule has 0 amide bonds. The van der Waals surface area contributed by atoms with Gasteiger partial charge in [0.1, 0.15) is 11.5 Å². The average Bonchev–Trinajstić information content (AvgIpc) is 2.70. The third-order valence-corrected chi connectivity index (χ3v) is 3.27. The fourth-order valence-corrected chi connectivity index (χ4v) is 2.12. The quantitative estimate of drug-likeness (QED) is 0.812. The molecule has 0 saturated carbocycles. The molecule has 102 valence electrons. The van der Waals surface area contributed by atoms with E-state index in [0.29, 0.717) is 11.6 Å². The summed E-state index contributed by atoms with van der Waals surface area (Å²) in [7, 11) is 1.74. The Balaban J connectivity index is 2.26. The van der Waals surface area contributed by atoms with Crippen molar-refractivity contribution in [3.05, 3.63) is 23.8 Å². The van der Waals surface area contributed by atoms with E-state index in [4.69, 9.17) is 0 Å². The maximum atomic E-state index is 12.5. The van der Waals surface area contributed by atoms with Crippen molar-refractivity contribution in [3.63, 3.8) is 0 Å². The summed E-state index contributed by atoms with van der Waals surface area (Å²) >= 11 is 0.948. The van der Waals surface area contributed by atoms with Crippen LogP contribution in [0.2, 0.25) is 0 Å². The van der Waals surface area contributed by atoms with E-state index in [-0.39, 0.29) is 5.16 Å². The van der Waals surface area contributed by atoms with Crippen LogP contribution in [-0.4, -0.2) is 24.7 Å². The number of aromatic nitrogens is 5. The molecule has 5 nitrogen and oxygen atoms in total. The third-order valence-electron chi connectivity index (χ3n) is 2.35. The van der Waals surface area contributed by atoms with Gasteiger partial charge in [0.05, 0.1) is 0 Å². The highest BCUT2D eigenvalue weighted by Gasteiger charge is 2.32. The fraction of sp³-hybridized carbons (Fsp3) is 0.400. The van der Waals surface area contributed by atoms with Crippen LogP contribution in [0.5, 0.6) is 0 Å². The van der Waals surface area contributed by atoms with Crippen LogP contribution < -0.4 is 0 Å². The average molecular weight is 289 g/mol. The van der Waals surface area contributed by atoms with Crippen molar-refractivity contribution in [1.29, 1.82) is 0 Å². The lowest BCUT2D eigenvalue weighted by atomic mass is 10.4. The number of nitrogens with zero attached hydrogens (tertiary/aromatic N) is 5. The molecule has 2 rings (SSSR count). The Morgan fingerprint density at radius 1 is 1.32 bits per heavy atom. The highest BCUT2D eigenvalue weighted by atomic mass is 32.2. The van der Waals surface area contributed by atoms with Crippen LogP contribution in [0, 0.1) is 0 Å². The Morgan fingerprint density at radius 3 is 2.63 bits per heavy atom. The number of alkyl halides is 3. The standard InChI is InChI=1S/C10H10F3N5S/c1-3-7-16-17-9(18(7)2)19-8-14-5-4-6(15-8)10(11,12)13/h4-5H,3H2,1-2H3. The molecule has 0 radical (unpaired) electrons. The first-order valence-electron chi connectivity index (χ1n) is 5.38. The number of rotatable bonds is 3. The van der Waals surface area contributed by atoms with Crippen molar-refractivity contribution < 1.29 is 13.2 Å². The van der Waals surface area contributed by atoms with Gasteiger partial charge in [0, 0.05) is 19.7 Å². The molecule has 2 aromatic heterocycles. The van der Waals surface area contributed by atoms with E-state index in [2.05, 4.69) is 20.2 Å². The molecule has 0 bridgehead atoms. The molecule has 9 heteroatoms. The molecule has 0 aliphatic heterocycles. The molecule has 0 aliphatic carbocycles. The first-order valence-corrected chi connectivity index (χ1v) is 6.20. The van der Waals surface area contributed by atoms with Crippen molar-refractivity contribution in [3.8, 4) is 0 Å². The topological polar surface area (TPSA) is 56.5 Å². The van der Waals surface area contributed by atoms with E-state index in [1.54, 1.807) is 11.6 Å². The Labute approximate surface area is 111 Å². The summed E-state index contributed by atoms with van der Waals surface area (Å²) in [5.41, 5.74) is -0.970. The van der Waals surface area contributed by atoms with Gasteiger partial charge in [-0.15, -0.1) is 10.2 Å². The molecule has 2 aromatic rings. The SMILES string of the molecule is CCc1nnc(Sc2nccc(C(F)(F)F)n2)n1C. The van der Waals surface area contributed by atoms with Crippen LogP contribution >= 0.6 is 11.8 Å². The minimum absolute atomic E-state index is 0.00650. The Kier molecular flexibility index (Phi) is 3.74. The second kappa shape index (κ2) is 5.16. The van der Waals surface area contributed by atoms with Crippen LogP contribution in [0.25, 0.3) is 0 Å². The Bertz CT molecular complexity index is 581. The van der Waals surface area contributed by atoms with E-state index < -0.39 is 11.9 Å². The van der Waals surface area contributed by atoms with Crippen LogP contribution in [0.4, 0.5) is 13.2 Å². The van der Waals surface area contributed by atoms with E-state index in [9.17, 15) is 13.2 Å². The molecule has 0 spiro atoms. The fourth-order valence-electron chi connectivity index (χ4n) is 1.37. The lowest BCUT2D eigenvalue weighted by molar-refractivity contribution is -0.141. The van der Waals surface area contributed by atoms with Crippen LogP contribution in [-0.2, 0) is 19.6 Å². The second-order valence-corrected chi connectivity index (χ2v) is 4.57. The van der Waals surface area contributed by atoms with Gasteiger partial charge in [-0.05, 0) is 17.8 Å². The molecule has 0 fully saturated rings. The van der Waals surface area contributed by atoms with E-state index in [1.807, 2.05) is 6.92 Å². The van der Waals surface area contributed by atoms with Gasteiger partial charge in [-0.1, -0.05) is 6.92 Å². The van der Waals surface area contributed by atoms with Crippen molar-refractivity contribution >= 4 is 11.8 Å². The lowest BCUT2D eigenvalue weighted by Crippen LogP contribution is -2.09. The largest absolute Gasteiger partial charge is 0.433 e. The van der Waals surface area contributed by atoms with Crippen molar-refractivity contribution in [2.75, 3.05) is 0 Å². The highest BCUT2D eigenvalue weighted by Crippen LogP contribution is 2.29. The molecule has 0 unspecified atom stereocenters. The zero-order valence-corrected chi connectivity index (χ0v) is 11.0. The normalized spacial score (nSPS) is 11.8. The summed E-state index contributed by atoms with van der Waals surface area (Å²) < 4.78 is 39.2. The third kappa shape index (κ3) is 3.03. The van der Waals surface area contributed by atoms with Gasteiger partial charge in [0.2, 0.25) is 0 Å². The van der Waals surface area contributed by atoms with Gasteiger partial charge in [0.25, 0.3) is 0 Å². The Morgan fingerprint density at radius 2 is 2.05 bits per heavy atom. The van der Waals surface area contributed by atoms with Crippen LogP contribution in [0.1, 0.15) is 18.4 Å². The number of halogens is 3. The number of aryl methyl sites for hydroxylation is 1. The number of hydrogen-bond donors (Lipinski definition) is 0. The molecule has 0 N–H and O–H groups in total. The monoisotopic (exact) mass is 289 g/mol. The summed E-state index contributed by atoms with van der Waals surface area (Å²) in [6, 6.07) is 0.832. The van der Waals surface area contributed by atoms with Gasteiger partial charge in [-0.3, -0.25) is 0 Å². The van der Waals surface area contributed by atoms with Crippen LogP contribution in [0.15, 0.2) is 22.6 Å². The minimum atomic E-state index is -4.48. The van der Waals surface area contributed by atoms with Crippen LogP contribution in [0.3, 0.4) is 0 Å². The molecule has 2 heterocycles. The molecule has 0 aliphatic rings. The van der Waals surface area contributed by atoms with Gasteiger partial charge in [-0.2, -0.15) is 13.2 Å². The molecule has 0 aromatic carbocycles. The van der Waals surface area contributed by atoms with E-state index in [1.165, 1.54) is 0 Å². The first kappa shape index (κ1) is 13.8. The smallest absolute Gasteiger partial charge is 0.309 e. The number of hydrogen-bond acceptors (Lipinski definition) is 5. The summed E-state index contributed by atoms with van der Waals surface area (Å²) in [5.74, 6) is 0.745. The van der Waals surface area contributed by atoms with Gasteiger partial charge < -0.3 is 4.57 Å². The molecule has 0 saturated heterocycles. The molecule has 0 atom stereocenters. The zero-order valence-electron chi connectivity index (χ0n) is 10.1. The predicted molar refractivity (Wildman–Crippen MR) is 61.5 cm³/mol. The second-order valence-electron chi connectivity index (χ2n) is 3.64. The van der Waals surface area contributed by atoms with Crippen molar-refractivity contribution in [2.24, 2.45) is 7.05 Å². The van der Waals surface area contributed by atoms with Crippen molar-refractivity contribution in [1.82, 2.24) is 24.7 Å². The Hall–Kier alpha value is -1.64.